The van der Waals surface area contributed by atoms with E-state index in [1.54, 1.807) is 18.2 Å². The third-order valence-electron chi connectivity index (χ3n) is 3.56. The van der Waals surface area contributed by atoms with E-state index in [1.165, 1.54) is 6.07 Å². The van der Waals surface area contributed by atoms with E-state index in [1.807, 2.05) is 42.5 Å². The van der Waals surface area contributed by atoms with Gasteiger partial charge in [0, 0.05) is 0 Å². The smallest absolute Gasteiger partial charge is 0.146 e. The summed E-state index contributed by atoms with van der Waals surface area (Å²) in [6.45, 7) is -0.104. The molecule has 0 bridgehead atoms. The second-order valence-electron chi connectivity index (χ2n) is 4.97. The van der Waals surface area contributed by atoms with Gasteiger partial charge >= 0.3 is 0 Å². The van der Waals surface area contributed by atoms with Crippen LogP contribution in [-0.2, 0) is 0 Å². The van der Waals surface area contributed by atoms with E-state index in [4.69, 9.17) is 0 Å². The van der Waals surface area contributed by atoms with Gasteiger partial charge in [0.25, 0.3) is 0 Å². The van der Waals surface area contributed by atoms with Crippen molar-refractivity contribution in [3.63, 3.8) is 0 Å². The maximum atomic E-state index is 13.7. The van der Waals surface area contributed by atoms with E-state index < -0.39 is 0 Å². The average molecular weight is 281 g/mol. The number of aliphatic hydroxyl groups is 1. The van der Waals surface area contributed by atoms with Gasteiger partial charge in [-0.2, -0.15) is 0 Å². The molecule has 0 aromatic heterocycles. The molecule has 2 nitrogen and oxygen atoms in total. The molecule has 0 saturated carbocycles. The lowest BCUT2D eigenvalue weighted by Gasteiger charge is -2.19. The first-order valence-electron chi connectivity index (χ1n) is 6.88. The summed E-state index contributed by atoms with van der Waals surface area (Å²) in [5.74, 6) is -0.322. The highest BCUT2D eigenvalue weighted by atomic mass is 19.1. The fourth-order valence-corrected chi connectivity index (χ4v) is 2.42. The summed E-state index contributed by atoms with van der Waals surface area (Å²) in [4.78, 5) is 0. The van der Waals surface area contributed by atoms with Crippen molar-refractivity contribution in [1.29, 1.82) is 0 Å². The quantitative estimate of drug-likeness (QED) is 0.754. The van der Waals surface area contributed by atoms with Gasteiger partial charge in [-0.15, -0.1) is 0 Å². The SMILES string of the molecule is OCC(Nc1ccccc1F)c1ccc2ccccc2c1. The minimum Gasteiger partial charge on any atom is -0.394 e. The van der Waals surface area contributed by atoms with E-state index in [9.17, 15) is 9.50 Å². The maximum Gasteiger partial charge on any atom is 0.146 e. The first-order valence-corrected chi connectivity index (χ1v) is 6.88. The summed E-state index contributed by atoms with van der Waals surface area (Å²) in [5.41, 5.74) is 1.32. The van der Waals surface area contributed by atoms with Gasteiger partial charge in [-0.25, -0.2) is 4.39 Å². The lowest BCUT2D eigenvalue weighted by Crippen LogP contribution is -2.15. The summed E-state index contributed by atoms with van der Waals surface area (Å²) in [6.07, 6.45) is 0. The van der Waals surface area contributed by atoms with Gasteiger partial charge in [-0.05, 0) is 34.5 Å². The molecule has 106 valence electrons. The van der Waals surface area contributed by atoms with Crippen LogP contribution in [0.1, 0.15) is 11.6 Å². The van der Waals surface area contributed by atoms with Crippen molar-refractivity contribution in [3.8, 4) is 0 Å². The highest BCUT2D eigenvalue weighted by Gasteiger charge is 2.12. The molecule has 1 atom stereocenters. The molecule has 0 aliphatic heterocycles. The van der Waals surface area contributed by atoms with Crippen molar-refractivity contribution in [2.45, 2.75) is 6.04 Å². The highest BCUT2D eigenvalue weighted by molar-refractivity contribution is 5.83. The zero-order valence-electron chi connectivity index (χ0n) is 11.5. The molecule has 3 rings (SSSR count). The maximum absolute atomic E-state index is 13.7. The zero-order valence-corrected chi connectivity index (χ0v) is 11.5. The van der Waals surface area contributed by atoms with Gasteiger partial charge in [-0.3, -0.25) is 0 Å². The predicted molar refractivity (Wildman–Crippen MR) is 83.8 cm³/mol. The van der Waals surface area contributed by atoms with Crippen LogP contribution in [0, 0.1) is 5.82 Å². The normalized spacial score (nSPS) is 12.3. The lowest BCUT2D eigenvalue weighted by molar-refractivity contribution is 0.276. The molecule has 3 aromatic rings. The first kappa shape index (κ1) is 13.6. The average Bonchev–Trinajstić information content (AvgIpc) is 2.54. The Hall–Kier alpha value is -2.39. The summed E-state index contributed by atoms with van der Waals surface area (Å²) >= 11 is 0. The molecule has 0 spiro atoms. The molecule has 0 fully saturated rings. The van der Waals surface area contributed by atoms with Crippen LogP contribution in [0.25, 0.3) is 10.8 Å². The van der Waals surface area contributed by atoms with E-state index >= 15 is 0 Å². The van der Waals surface area contributed by atoms with Crippen molar-refractivity contribution in [1.82, 2.24) is 0 Å². The third kappa shape index (κ3) is 2.88. The van der Waals surface area contributed by atoms with Crippen LogP contribution in [-0.4, -0.2) is 11.7 Å². The van der Waals surface area contributed by atoms with Crippen LogP contribution in [0.3, 0.4) is 0 Å². The Morgan fingerprint density at radius 3 is 2.38 bits per heavy atom. The molecule has 2 N–H and O–H groups in total. The fraction of sp³-hybridized carbons (Fsp3) is 0.111. The molecule has 3 heteroatoms. The van der Waals surface area contributed by atoms with Gasteiger partial charge in [0.05, 0.1) is 18.3 Å². The van der Waals surface area contributed by atoms with Crippen molar-refractivity contribution in [2.75, 3.05) is 11.9 Å². The van der Waals surface area contributed by atoms with Crippen molar-refractivity contribution in [2.24, 2.45) is 0 Å². The molecular weight excluding hydrogens is 265 g/mol. The van der Waals surface area contributed by atoms with Crippen LogP contribution in [0.15, 0.2) is 66.7 Å². The number of aliphatic hydroxyl groups excluding tert-OH is 1. The number of nitrogens with one attached hydrogen (secondary N) is 1. The second kappa shape index (κ2) is 5.94. The van der Waals surface area contributed by atoms with Crippen molar-refractivity contribution in [3.05, 3.63) is 78.1 Å². The Bertz CT molecular complexity index is 757. The number of fused-ring (bicyclic) bond motifs is 1. The molecule has 21 heavy (non-hydrogen) atoms. The zero-order chi connectivity index (χ0) is 14.7. The Labute approximate surface area is 122 Å². The van der Waals surface area contributed by atoms with E-state index in [0.717, 1.165) is 16.3 Å². The standard InChI is InChI=1S/C18H16FNO/c19-16-7-3-4-8-17(16)20-18(12-21)15-10-9-13-5-1-2-6-14(13)11-15/h1-11,18,20-21H,12H2. The number of para-hydroxylation sites is 1. The topological polar surface area (TPSA) is 32.3 Å². The van der Waals surface area contributed by atoms with Gasteiger partial charge in [-0.1, -0.05) is 48.5 Å². The summed E-state index contributed by atoms with van der Waals surface area (Å²) in [7, 11) is 0. The summed E-state index contributed by atoms with van der Waals surface area (Å²) < 4.78 is 13.7. The Morgan fingerprint density at radius 2 is 1.62 bits per heavy atom. The van der Waals surface area contributed by atoms with E-state index in [2.05, 4.69) is 5.32 Å². The number of hydrogen-bond donors (Lipinski definition) is 2. The largest absolute Gasteiger partial charge is 0.394 e. The van der Waals surface area contributed by atoms with E-state index in [-0.39, 0.29) is 18.5 Å². The molecule has 0 aliphatic carbocycles. The molecule has 3 aromatic carbocycles. The predicted octanol–water partition coefficient (Wildman–Crippen LogP) is 4.12. The molecule has 0 saturated heterocycles. The van der Waals surface area contributed by atoms with Crippen LogP contribution < -0.4 is 5.32 Å². The molecule has 0 heterocycles. The number of benzene rings is 3. The van der Waals surface area contributed by atoms with Gasteiger partial charge in [0.15, 0.2) is 0 Å². The van der Waals surface area contributed by atoms with Gasteiger partial charge in [0.1, 0.15) is 5.82 Å². The lowest BCUT2D eigenvalue weighted by atomic mass is 10.0. The number of anilines is 1. The van der Waals surface area contributed by atoms with Crippen LogP contribution in [0.4, 0.5) is 10.1 Å². The molecule has 0 amide bonds. The molecular formula is C18H16FNO. The summed E-state index contributed by atoms with van der Waals surface area (Å²) in [6, 6.07) is 20.1. The number of halogens is 1. The molecule has 0 radical (unpaired) electrons. The highest BCUT2D eigenvalue weighted by Crippen LogP contribution is 2.24. The molecule has 1 unspecified atom stereocenters. The van der Waals surface area contributed by atoms with Gasteiger partial charge in [0.2, 0.25) is 0 Å². The van der Waals surface area contributed by atoms with Crippen LogP contribution in [0.2, 0.25) is 0 Å². The Kier molecular flexibility index (Phi) is 3.84. The van der Waals surface area contributed by atoms with Crippen molar-refractivity contribution >= 4 is 16.5 Å². The van der Waals surface area contributed by atoms with Crippen LogP contribution in [0.5, 0.6) is 0 Å². The van der Waals surface area contributed by atoms with Crippen molar-refractivity contribution < 1.29 is 9.50 Å². The van der Waals surface area contributed by atoms with Crippen LogP contribution >= 0.6 is 0 Å². The number of hydrogen-bond acceptors (Lipinski definition) is 2. The Balaban J connectivity index is 1.93. The monoisotopic (exact) mass is 281 g/mol. The fourth-order valence-electron chi connectivity index (χ4n) is 2.42. The van der Waals surface area contributed by atoms with E-state index in [0.29, 0.717) is 5.69 Å². The first-order chi connectivity index (χ1) is 10.3. The Morgan fingerprint density at radius 1 is 0.905 bits per heavy atom. The minimum absolute atomic E-state index is 0.104. The van der Waals surface area contributed by atoms with Gasteiger partial charge < -0.3 is 10.4 Å². The minimum atomic E-state index is -0.341. The second-order valence-corrected chi connectivity index (χ2v) is 4.97. The third-order valence-corrected chi connectivity index (χ3v) is 3.56. The number of rotatable bonds is 4. The molecule has 0 aliphatic rings. The summed E-state index contributed by atoms with van der Waals surface area (Å²) in [5, 5.41) is 14.9.